The summed E-state index contributed by atoms with van der Waals surface area (Å²) in [5.41, 5.74) is 1.65. The fourth-order valence-electron chi connectivity index (χ4n) is 4.98. The molecule has 0 unspecified atom stereocenters. The van der Waals surface area contributed by atoms with Crippen LogP contribution in [0.1, 0.15) is 30.0 Å². The quantitative estimate of drug-likeness (QED) is 0.249. The first-order chi connectivity index (χ1) is 21.4. The van der Waals surface area contributed by atoms with E-state index < -0.39 is 23.7 Å². The number of halogens is 2. The molecule has 3 aromatic carbocycles. The number of hydrogen-bond acceptors (Lipinski definition) is 8. The van der Waals surface area contributed by atoms with Gasteiger partial charge in [0, 0.05) is 30.3 Å². The molecule has 13 heteroatoms. The van der Waals surface area contributed by atoms with Crippen LogP contribution in [0.4, 0.5) is 4.39 Å². The maximum absolute atomic E-state index is 14.0. The lowest BCUT2D eigenvalue weighted by atomic mass is 10.0. The molecule has 1 aromatic heterocycles. The van der Waals surface area contributed by atoms with E-state index in [4.69, 9.17) is 25.8 Å². The van der Waals surface area contributed by atoms with Gasteiger partial charge in [0.05, 0.1) is 20.3 Å². The highest BCUT2D eigenvalue weighted by atomic mass is 35.5. The first-order valence-electron chi connectivity index (χ1n) is 14.0. The molecule has 2 amide bonds. The Balaban J connectivity index is 1.45. The van der Waals surface area contributed by atoms with Gasteiger partial charge in [-0.3, -0.25) is 9.59 Å². The van der Waals surface area contributed by atoms with Gasteiger partial charge in [-0.05, 0) is 65.6 Å². The van der Waals surface area contributed by atoms with Crippen molar-refractivity contribution in [2.24, 2.45) is 0 Å². The minimum atomic E-state index is -1.12. The van der Waals surface area contributed by atoms with E-state index in [1.165, 1.54) is 43.4 Å². The van der Waals surface area contributed by atoms with Crippen LogP contribution in [-0.2, 0) is 27.4 Å². The topological polar surface area (TPSA) is 121 Å². The molecule has 1 aliphatic rings. The Labute approximate surface area is 258 Å². The van der Waals surface area contributed by atoms with Gasteiger partial charge in [0.1, 0.15) is 18.4 Å². The van der Waals surface area contributed by atoms with Crippen molar-refractivity contribution in [2.75, 3.05) is 27.4 Å². The normalized spacial score (nSPS) is 15.0. The van der Waals surface area contributed by atoms with Crippen molar-refractivity contribution in [3.63, 3.8) is 0 Å². The van der Waals surface area contributed by atoms with Gasteiger partial charge in [-0.15, -0.1) is 10.2 Å². The second kappa shape index (κ2) is 14.3. The van der Waals surface area contributed by atoms with Gasteiger partial charge in [0.15, 0.2) is 11.5 Å². The second-order valence-corrected chi connectivity index (χ2v) is 10.6. The number of hydrogen-bond donors (Lipinski definition) is 1. The highest BCUT2D eigenvalue weighted by molar-refractivity contribution is 6.31. The molecule has 4 aromatic rings. The van der Waals surface area contributed by atoms with Crippen LogP contribution < -0.4 is 14.8 Å². The van der Waals surface area contributed by atoms with Crippen molar-refractivity contribution < 1.29 is 28.2 Å². The number of amides is 2. The number of aromatic nitrogens is 4. The number of nitrogens with one attached hydrogen (secondary N) is 1. The molecule has 1 fully saturated rings. The minimum Gasteiger partial charge on any atom is -0.493 e. The number of benzene rings is 3. The molecule has 2 atom stereocenters. The van der Waals surface area contributed by atoms with E-state index in [9.17, 15) is 14.0 Å². The molecule has 44 heavy (non-hydrogen) atoms. The Morgan fingerprint density at radius 1 is 1.11 bits per heavy atom. The molecular formula is C31H32ClFN6O5. The molecule has 0 spiro atoms. The van der Waals surface area contributed by atoms with E-state index in [1.54, 1.807) is 42.5 Å². The third-order valence-corrected chi connectivity index (χ3v) is 7.63. The zero-order valence-corrected chi connectivity index (χ0v) is 25.0. The number of carbonyl (C=O) groups is 2. The fraction of sp³-hybridized carbons (Fsp3) is 0.323. The summed E-state index contributed by atoms with van der Waals surface area (Å²) >= 11 is 6.49. The smallest absolute Gasteiger partial charge is 0.247 e. The van der Waals surface area contributed by atoms with E-state index in [2.05, 4.69) is 20.7 Å². The summed E-state index contributed by atoms with van der Waals surface area (Å²) in [5.74, 6) is -0.0995. The van der Waals surface area contributed by atoms with Gasteiger partial charge in [-0.1, -0.05) is 41.9 Å². The molecule has 0 aliphatic carbocycles. The fourth-order valence-corrected chi connectivity index (χ4v) is 5.18. The van der Waals surface area contributed by atoms with Crippen molar-refractivity contribution in [2.45, 2.75) is 38.1 Å². The summed E-state index contributed by atoms with van der Waals surface area (Å²) in [4.78, 5) is 30.4. The SMILES string of the molecule is COc1ccc(-c2nnn(CC(=O)N(Cc3ccccc3Cl)[C@H](C(=O)NC[C@H]3CCCO3)c3ccc(F)cc3)n2)cc1OC. The number of rotatable bonds is 12. The second-order valence-electron chi connectivity index (χ2n) is 10.2. The summed E-state index contributed by atoms with van der Waals surface area (Å²) in [7, 11) is 3.06. The van der Waals surface area contributed by atoms with Crippen molar-refractivity contribution in [3.8, 4) is 22.9 Å². The lowest BCUT2D eigenvalue weighted by Crippen LogP contribution is -2.46. The third kappa shape index (κ3) is 7.32. The molecule has 1 saturated heterocycles. The Kier molecular flexibility index (Phi) is 10.0. The molecule has 0 radical (unpaired) electrons. The molecule has 1 aliphatic heterocycles. The molecule has 1 N–H and O–H groups in total. The van der Waals surface area contributed by atoms with Gasteiger partial charge < -0.3 is 24.4 Å². The van der Waals surface area contributed by atoms with Gasteiger partial charge in [0.25, 0.3) is 0 Å². The molecular weight excluding hydrogens is 591 g/mol. The highest BCUT2D eigenvalue weighted by Gasteiger charge is 2.33. The van der Waals surface area contributed by atoms with Crippen LogP contribution in [0.5, 0.6) is 11.5 Å². The van der Waals surface area contributed by atoms with E-state index in [0.29, 0.717) is 39.8 Å². The van der Waals surface area contributed by atoms with Crippen LogP contribution in [0.15, 0.2) is 66.7 Å². The molecule has 5 rings (SSSR count). The van der Waals surface area contributed by atoms with Gasteiger partial charge in [-0.2, -0.15) is 4.80 Å². The zero-order valence-electron chi connectivity index (χ0n) is 24.3. The minimum absolute atomic E-state index is 0.00880. The zero-order chi connectivity index (χ0) is 31.1. The summed E-state index contributed by atoms with van der Waals surface area (Å²) in [6.07, 6.45) is 1.62. The maximum atomic E-state index is 14.0. The van der Waals surface area contributed by atoms with Crippen molar-refractivity contribution >= 4 is 23.4 Å². The first-order valence-corrected chi connectivity index (χ1v) is 14.4. The van der Waals surface area contributed by atoms with Crippen LogP contribution in [0, 0.1) is 5.82 Å². The lowest BCUT2D eigenvalue weighted by molar-refractivity contribution is -0.142. The lowest BCUT2D eigenvalue weighted by Gasteiger charge is -2.32. The van der Waals surface area contributed by atoms with E-state index >= 15 is 0 Å². The number of tetrazole rings is 1. The predicted octanol–water partition coefficient (Wildman–Crippen LogP) is 4.22. The largest absolute Gasteiger partial charge is 0.493 e. The summed E-state index contributed by atoms with van der Waals surface area (Å²) < 4.78 is 30.3. The van der Waals surface area contributed by atoms with Crippen LogP contribution >= 0.6 is 11.6 Å². The van der Waals surface area contributed by atoms with Crippen LogP contribution in [0.2, 0.25) is 5.02 Å². The standard InChI is InChI=1S/C31H32ClFN6O5/c1-42-26-14-11-21(16-27(26)43-2)30-35-37-39(36-30)19-28(40)38(18-22-6-3-4-8-25(22)32)29(20-9-12-23(33)13-10-20)31(41)34-17-24-7-5-15-44-24/h3-4,6,8-14,16,24,29H,5,7,15,17-19H2,1-2H3,(H,34,41)/t24-,29+/m1/s1. The predicted molar refractivity (Wildman–Crippen MR) is 159 cm³/mol. The number of methoxy groups -OCH3 is 2. The van der Waals surface area contributed by atoms with Crippen LogP contribution in [0.25, 0.3) is 11.4 Å². The molecule has 11 nitrogen and oxygen atoms in total. The summed E-state index contributed by atoms with van der Waals surface area (Å²) in [6.45, 7) is 0.575. The van der Waals surface area contributed by atoms with Crippen molar-refractivity contribution in [1.82, 2.24) is 30.4 Å². The molecule has 2 heterocycles. The van der Waals surface area contributed by atoms with Gasteiger partial charge in [0.2, 0.25) is 17.6 Å². The van der Waals surface area contributed by atoms with E-state index in [1.807, 2.05) is 0 Å². The average molecular weight is 623 g/mol. The molecule has 0 saturated carbocycles. The third-order valence-electron chi connectivity index (χ3n) is 7.26. The number of nitrogens with zero attached hydrogens (tertiary/aromatic N) is 5. The van der Waals surface area contributed by atoms with Crippen LogP contribution in [-0.4, -0.2) is 70.4 Å². The van der Waals surface area contributed by atoms with E-state index in [0.717, 1.165) is 17.6 Å². The Bertz CT molecular complexity index is 1590. The Morgan fingerprint density at radius 3 is 2.59 bits per heavy atom. The summed E-state index contributed by atoms with van der Waals surface area (Å²) in [5, 5.41) is 15.9. The monoisotopic (exact) mass is 622 g/mol. The van der Waals surface area contributed by atoms with Crippen LogP contribution in [0.3, 0.4) is 0 Å². The number of carbonyl (C=O) groups excluding carboxylic acids is 2. The maximum Gasteiger partial charge on any atom is 0.247 e. The Hall–Kier alpha value is -4.55. The first kappa shape index (κ1) is 30.9. The van der Waals surface area contributed by atoms with Crippen molar-refractivity contribution in [3.05, 3.63) is 88.7 Å². The molecule has 0 bridgehead atoms. The van der Waals surface area contributed by atoms with Gasteiger partial charge in [-0.25, -0.2) is 4.39 Å². The van der Waals surface area contributed by atoms with E-state index in [-0.39, 0.29) is 31.6 Å². The summed E-state index contributed by atoms with van der Waals surface area (Å²) in [6, 6.07) is 16.6. The average Bonchev–Trinajstić information content (AvgIpc) is 3.74. The number of ether oxygens (including phenoxy) is 3. The van der Waals surface area contributed by atoms with Crippen molar-refractivity contribution in [1.29, 1.82) is 0 Å². The molecule has 230 valence electrons. The van der Waals surface area contributed by atoms with Gasteiger partial charge >= 0.3 is 0 Å². The Morgan fingerprint density at radius 2 is 1.89 bits per heavy atom. The highest BCUT2D eigenvalue weighted by Crippen LogP contribution is 2.31.